The second-order valence-corrected chi connectivity index (χ2v) is 5.15. The average Bonchev–Trinajstić information content (AvgIpc) is 2.91. The minimum absolute atomic E-state index is 0.0409. The van der Waals surface area contributed by atoms with Crippen molar-refractivity contribution in [3.8, 4) is 0 Å². The highest BCUT2D eigenvalue weighted by molar-refractivity contribution is 7.99. The van der Waals surface area contributed by atoms with E-state index in [9.17, 15) is 9.59 Å². The highest BCUT2D eigenvalue weighted by atomic mass is 32.2. The van der Waals surface area contributed by atoms with Crippen LogP contribution in [-0.2, 0) is 9.59 Å². The van der Waals surface area contributed by atoms with Gasteiger partial charge in [-0.05, 0) is 24.0 Å². The summed E-state index contributed by atoms with van der Waals surface area (Å²) in [5.74, 6) is 0.988. The Kier molecular flexibility index (Phi) is 4.45. The topological polar surface area (TPSA) is 66.4 Å². The summed E-state index contributed by atoms with van der Waals surface area (Å²) in [6.45, 7) is 0. The summed E-state index contributed by atoms with van der Waals surface area (Å²) in [6.07, 6.45) is 2.84. The largest absolute Gasteiger partial charge is 0.481 e. The second kappa shape index (κ2) is 5.39. The predicted molar refractivity (Wildman–Crippen MR) is 59.9 cm³/mol. The number of carbonyl (C=O) groups is 2. The monoisotopic (exact) mass is 231 g/mol. The van der Waals surface area contributed by atoms with E-state index in [0.29, 0.717) is 6.42 Å². The fourth-order valence-electron chi connectivity index (χ4n) is 1.45. The van der Waals surface area contributed by atoms with Crippen LogP contribution in [0.15, 0.2) is 0 Å². The number of hydrogen-bond acceptors (Lipinski definition) is 3. The summed E-state index contributed by atoms with van der Waals surface area (Å²) in [5.41, 5.74) is 0.0409. The van der Waals surface area contributed by atoms with Gasteiger partial charge in [0, 0.05) is 19.2 Å². The first-order chi connectivity index (χ1) is 7.08. The summed E-state index contributed by atoms with van der Waals surface area (Å²) in [6, 6.07) is 0. The first kappa shape index (κ1) is 12.4. The fraction of sp³-hybridized carbons (Fsp3) is 0.800. The number of nitrogens with one attached hydrogen (secondary N) is 1. The maximum atomic E-state index is 10.9. The molecule has 0 heterocycles. The van der Waals surface area contributed by atoms with Crippen LogP contribution in [-0.4, -0.2) is 35.5 Å². The average molecular weight is 231 g/mol. The van der Waals surface area contributed by atoms with Crippen LogP contribution in [0, 0.1) is 5.41 Å². The minimum atomic E-state index is -0.709. The molecule has 4 nitrogen and oxygen atoms in total. The van der Waals surface area contributed by atoms with Crippen molar-refractivity contribution in [3.05, 3.63) is 0 Å². The van der Waals surface area contributed by atoms with Crippen molar-refractivity contribution in [2.45, 2.75) is 25.7 Å². The molecule has 0 radical (unpaired) electrons. The molecular formula is C10H17NO3S. The first-order valence-corrected chi connectivity index (χ1v) is 6.24. The van der Waals surface area contributed by atoms with Crippen molar-refractivity contribution >= 4 is 23.6 Å². The lowest BCUT2D eigenvalue weighted by Crippen LogP contribution is -2.18. The Morgan fingerprint density at radius 3 is 2.60 bits per heavy atom. The molecule has 0 atom stereocenters. The number of thioether (sulfide) groups is 1. The second-order valence-electron chi connectivity index (χ2n) is 4.05. The molecule has 1 saturated carbocycles. The molecule has 86 valence electrons. The van der Waals surface area contributed by atoms with Gasteiger partial charge in [-0.2, -0.15) is 11.8 Å². The van der Waals surface area contributed by atoms with Crippen LogP contribution < -0.4 is 5.32 Å². The maximum absolute atomic E-state index is 10.9. The van der Waals surface area contributed by atoms with Crippen molar-refractivity contribution in [2.24, 2.45) is 5.41 Å². The molecule has 0 aromatic rings. The molecule has 0 aromatic carbocycles. The Morgan fingerprint density at radius 1 is 1.47 bits per heavy atom. The van der Waals surface area contributed by atoms with Gasteiger partial charge in [0.15, 0.2) is 0 Å². The van der Waals surface area contributed by atoms with E-state index in [4.69, 9.17) is 5.11 Å². The predicted octanol–water partition coefficient (Wildman–Crippen LogP) is 1.11. The molecule has 0 unspecified atom stereocenters. The van der Waals surface area contributed by atoms with E-state index >= 15 is 0 Å². The van der Waals surface area contributed by atoms with E-state index in [0.717, 1.165) is 24.3 Å². The number of carbonyl (C=O) groups excluding carboxylic acids is 1. The standard InChI is InChI=1S/C10H17NO3S/c1-11-8(12)2-5-15-7-10(3-4-10)6-9(13)14/h2-7H2,1H3,(H,11,12)(H,13,14). The van der Waals surface area contributed by atoms with Crippen LogP contribution in [0.25, 0.3) is 0 Å². The van der Waals surface area contributed by atoms with Crippen molar-refractivity contribution in [3.63, 3.8) is 0 Å². The number of rotatable bonds is 7. The number of hydrogen-bond donors (Lipinski definition) is 2. The van der Waals surface area contributed by atoms with Gasteiger partial charge in [0.05, 0.1) is 6.42 Å². The number of carboxylic acids is 1. The summed E-state index contributed by atoms with van der Waals surface area (Å²) in [4.78, 5) is 21.5. The van der Waals surface area contributed by atoms with Crippen molar-refractivity contribution in [1.82, 2.24) is 5.32 Å². The van der Waals surface area contributed by atoms with E-state index in [1.165, 1.54) is 0 Å². The third kappa shape index (κ3) is 4.55. The minimum Gasteiger partial charge on any atom is -0.481 e. The maximum Gasteiger partial charge on any atom is 0.303 e. The van der Waals surface area contributed by atoms with E-state index in [1.807, 2.05) is 0 Å². The van der Waals surface area contributed by atoms with Gasteiger partial charge in [-0.15, -0.1) is 0 Å². The lowest BCUT2D eigenvalue weighted by Gasteiger charge is -2.11. The normalized spacial score (nSPS) is 17.1. The van der Waals surface area contributed by atoms with Crippen molar-refractivity contribution < 1.29 is 14.7 Å². The molecular weight excluding hydrogens is 214 g/mol. The molecule has 1 fully saturated rings. The van der Waals surface area contributed by atoms with Gasteiger partial charge >= 0.3 is 5.97 Å². The molecule has 1 amide bonds. The van der Waals surface area contributed by atoms with Gasteiger partial charge in [-0.3, -0.25) is 9.59 Å². The lowest BCUT2D eigenvalue weighted by atomic mass is 10.1. The quantitative estimate of drug-likeness (QED) is 0.644. The molecule has 2 N–H and O–H groups in total. The number of aliphatic carboxylic acids is 1. The zero-order valence-electron chi connectivity index (χ0n) is 8.91. The third-order valence-electron chi connectivity index (χ3n) is 2.64. The molecule has 1 aliphatic carbocycles. The Balaban J connectivity index is 2.09. The van der Waals surface area contributed by atoms with E-state index < -0.39 is 5.97 Å². The summed E-state index contributed by atoms with van der Waals surface area (Å²) < 4.78 is 0. The van der Waals surface area contributed by atoms with Crippen molar-refractivity contribution in [2.75, 3.05) is 18.6 Å². The Bertz CT molecular complexity index is 251. The fourth-order valence-corrected chi connectivity index (χ4v) is 2.75. The first-order valence-electron chi connectivity index (χ1n) is 5.08. The highest BCUT2D eigenvalue weighted by Crippen LogP contribution is 2.50. The van der Waals surface area contributed by atoms with Crippen LogP contribution in [0.3, 0.4) is 0 Å². The van der Waals surface area contributed by atoms with Gasteiger partial charge < -0.3 is 10.4 Å². The molecule has 5 heteroatoms. The molecule has 0 bridgehead atoms. The summed E-state index contributed by atoms with van der Waals surface area (Å²) in [7, 11) is 1.62. The lowest BCUT2D eigenvalue weighted by molar-refractivity contribution is -0.138. The van der Waals surface area contributed by atoms with Gasteiger partial charge in [0.1, 0.15) is 0 Å². The zero-order chi connectivity index (χ0) is 11.3. The SMILES string of the molecule is CNC(=O)CCSCC1(CC(=O)O)CC1. The van der Waals surface area contributed by atoms with E-state index in [2.05, 4.69) is 5.32 Å². The molecule has 1 aliphatic rings. The summed E-state index contributed by atoms with van der Waals surface area (Å²) >= 11 is 1.68. The number of amides is 1. The van der Waals surface area contributed by atoms with Gasteiger partial charge in [0.25, 0.3) is 0 Å². The van der Waals surface area contributed by atoms with Gasteiger partial charge in [-0.1, -0.05) is 0 Å². The Hall–Kier alpha value is -0.710. The zero-order valence-corrected chi connectivity index (χ0v) is 9.73. The molecule has 0 spiro atoms. The van der Waals surface area contributed by atoms with Crippen LogP contribution >= 0.6 is 11.8 Å². The van der Waals surface area contributed by atoms with E-state index in [1.54, 1.807) is 18.8 Å². The molecule has 0 saturated heterocycles. The summed E-state index contributed by atoms with van der Waals surface area (Å²) in [5, 5.41) is 11.3. The van der Waals surface area contributed by atoms with Crippen LogP contribution in [0.4, 0.5) is 0 Å². The number of carboxylic acid groups (broad SMARTS) is 1. The Morgan fingerprint density at radius 2 is 2.13 bits per heavy atom. The Labute approximate surface area is 93.8 Å². The molecule has 15 heavy (non-hydrogen) atoms. The van der Waals surface area contributed by atoms with E-state index in [-0.39, 0.29) is 17.7 Å². The molecule has 0 aliphatic heterocycles. The molecule has 1 rings (SSSR count). The molecule has 0 aromatic heterocycles. The smallest absolute Gasteiger partial charge is 0.303 e. The third-order valence-corrected chi connectivity index (χ3v) is 3.95. The van der Waals surface area contributed by atoms with Gasteiger partial charge in [-0.25, -0.2) is 0 Å². The highest BCUT2D eigenvalue weighted by Gasteiger charge is 2.43. The van der Waals surface area contributed by atoms with Crippen molar-refractivity contribution in [1.29, 1.82) is 0 Å². The van der Waals surface area contributed by atoms with Crippen LogP contribution in [0.5, 0.6) is 0 Å². The van der Waals surface area contributed by atoms with Crippen LogP contribution in [0.1, 0.15) is 25.7 Å². The van der Waals surface area contributed by atoms with Crippen LogP contribution in [0.2, 0.25) is 0 Å². The van der Waals surface area contributed by atoms with Gasteiger partial charge in [0.2, 0.25) is 5.91 Å².